The Balaban J connectivity index is 2.54. The quantitative estimate of drug-likeness (QED) is 0.665. The molecule has 0 aliphatic carbocycles. The molecule has 122 valence electrons. The summed E-state index contributed by atoms with van der Waals surface area (Å²) in [6.07, 6.45) is 0.282. The molecule has 1 aromatic rings. The largest absolute Gasteiger partial charge is 0.481 e. The van der Waals surface area contributed by atoms with Gasteiger partial charge in [0.25, 0.3) is 5.91 Å². The van der Waals surface area contributed by atoms with E-state index in [-0.39, 0.29) is 18.2 Å². The average Bonchev–Trinajstić information content (AvgIpc) is 2.82. The number of aliphatic carboxylic acids is 1. The maximum absolute atomic E-state index is 12.1. The summed E-state index contributed by atoms with van der Waals surface area (Å²) in [5.41, 5.74) is -0.652. The van der Waals surface area contributed by atoms with Crippen LogP contribution in [-0.2, 0) is 9.59 Å². The van der Waals surface area contributed by atoms with E-state index in [1.165, 1.54) is 11.3 Å². The fourth-order valence-electron chi connectivity index (χ4n) is 1.69. The molecule has 0 spiro atoms. The van der Waals surface area contributed by atoms with Crippen LogP contribution in [0.4, 0.5) is 0 Å². The van der Waals surface area contributed by atoms with Crippen LogP contribution in [0, 0.1) is 0 Å². The smallest absolute Gasteiger partial charge is 0.303 e. The summed E-state index contributed by atoms with van der Waals surface area (Å²) in [6.45, 7) is 5.08. The highest BCUT2D eigenvalue weighted by molar-refractivity contribution is 9.11. The number of rotatable bonds is 7. The molecule has 0 aliphatic heterocycles. The Kier molecular flexibility index (Phi) is 6.55. The number of amides is 2. The summed E-state index contributed by atoms with van der Waals surface area (Å²) in [6, 6.07) is 2.72. The Bertz CT molecular complexity index is 571. The normalized spacial score (nSPS) is 12.5. The molecule has 0 aliphatic rings. The molecule has 6 nitrogen and oxygen atoms in total. The van der Waals surface area contributed by atoms with E-state index in [4.69, 9.17) is 5.11 Å². The number of nitrogens with one attached hydrogen (secondary N) is 2. The number of carbonyl (C=O) groups excluding carboxylic acids is 2. The van der Waals surface area contributed by atoms with Crippen LogP contribution in [0.1, 0.15) is 43.3 Å². The molecule has 1 rings (SSSR count). The predicted octanol–water partition coefficient (Wildman–Crippen LogP) is 2.39. The zero-order valence-electron chi connectivity index (χ0n) is 12.6. The van der Waals surface area contributed by atoms with Gasteiger partial charge in [0.1, 0.15) is 6.04 Å². The third-order valence-corrected chi connectivity index (χ3v) is 4.59. The second kappa shape index (κ2) is 7.73. The van der Waals surface area contributed by atoms with Crippen molar-refractivity contribution in [3.05, 3.63) is 20.8 Å². The van der Waals surface area contributed by atoms with Gasteiger partial charge >= 0.3 is 5.97 Å². The van der Waals surface area contributed by atoms with E-state index in [0.29, 0.717) is 11.3 Å². The van der Waals surface area contributed by atoms with Crippen LogP contribution in [0.15, 0.2) is 15.9 Å². The summed E-state index contributed by atoms with van der Waals surface area (Å²) in [4.78, 5) is 35.2. The van der Waals surface area contributed by atoms with Crippen LogP contribution in [0.2, 0.25) is 0 Å². The molecule has 1 atom stereocenters. The molecule has 1 heterocycles. The van der Waals surface area contributed by atoms with Crippen LogP contribution in [-0.4, -0.2) is 34.5 Å². The molecule has 0 radical (unpaired) electrons. The van der Waals surface area contributed by atoms with Gasteiger partial charge in [-0.15, -0.1) is 11.3 Å². The molecular formula is C14H19BrN2O4S. The highest BCUT2D eigenvalue weighted by atomic mass is 79.9. The van der Waals surface area contributed by atoms with E-state index >= 15 is 0 Å². The molecule has 22 heavy (non-hydrogen) atoms. The summed E-state index contributed by atoms with van der Waals surface area (Å²) >= 11 is 4.56. The van der Waals surface area contributed by atoms with Gasteiger partial charge < -0.3 is 15.7 Å². The first-order chi connectivity index (χ1) is 10.1. The monoisotopic (exact) mass is 390 g/mol. The number of carboxylic acids is 1. The van der Waals surface area contributed by atoms with E-state index in [1.54, 1.807) is 32.9 Å². The molecule has 0 aromatic carbocycles. The van der Waals surface area contributed by atoms with Crippen molar-refractivity contribution >= 4 is 45.1 Å². The summed E-state index contributed by atoms with van der Waals surface area (Å²) in [5, 5.41) is 14.1. The lowest BCUT2D eigenvalue weighted by Crippen LogP contribution is -2.52. The van der Waals surface area contributed by atoms with Crippen molar-refractivity contribution in [3.8, 4) is 0 Å². The van der Waals surface area contributed by atoms with Gasteiger partial charge in [-0.3, -0.25) is 14.4 Å². The van der Waals surface area contributed by atoms with Crippen molar-refractivity contribution in [1.82, 2.24) is 10.6 Å². The summed E-state index contributed by atoms with van der Waals surface area (Å²) < 4.78 is 0.838. The van der Waals surface area contributed by atoms with Crippen LogP contribution < -0.4 is 10.6 Å². The van der Waals surface area contributed by atoms with Crippen molar-refractivity contribution < 1.29 is 19.5 Å². The van der Waals surface area contributed by atoms with Crippen molar-refractivity contribution in [2.45, 2.75) is 45.2 Å². The molecule has 0 fully saturated rings. The molecule has 3 N–H and O–H groups in total. The lowest BCUT2D eigenvalue weighted by molar-refractivity contribution is -0.137. The van der Waals surface area contributed by atoms with Gasteiger partial charge in [0.2, 0.25) is 5.91 Å². The number of carbonyl (C=O) groups is 3. The Morgan fingerprint density at radius 3 is 2.50 bits per heavy atom. The molecule has 0 saturated carbocycles. The fraction of sp³-hybridized carbons (Fsp3) is 0.500. The van der Waals surface area contributed by atoms with Gasteiger partial charge in [0, 0.05) is 12.0 Å². The molecule has 0 bridgehead atoms. The van der Waals surface area contributed by atoms with Crippen LogP contribution in [0.5, 0.6) is 0 Å². The first-order valence-electron chi connectivity index (χ1n) is 6.71. The third-order valence-electron chi connectivity index (χ3n) is 2.96. The van der Waals surface area contributed by atoms with Gasteiger partial charge in [-0.25, -0.2) is 0 Å². The van der Waals surface area contributed by atoms with Gasteiger partial charge in [0.15, 0.2) is 0 Å². The molecule has 8 heteroatoms. The van der Waals surface area contributed by atoms with E-state index in [1.807, 2.05) is 0 Å². The molecular weight excluding hydrogens is 372 g/mol. The van der Waals surface area contributed by atoms with Crippen LogP contribution in [0.3, 0.4) is 0 Å². The van der Waals surface area contributed by atoms with Gasteiger partial charge in [-0.1, -0.05) is 0 Å². The lowest BCUT2D eigenvalue weighted by Gasteiger charge is -2.27. The van der Waals surface area contributed by atoms with E-state index in [2.05, 4.69) is 26.6 Å². The van der Waals surface area contributed by atoms with E-state index in [0.717, 1.165) is 3.79 Å². The topological polar surface area (TPSA) is 95.5 Å². The molecule has 1 unspecified atom stereocenters. The first-order valence-corrected chi connectivity index (χ1v) is 8.32. The Labute approximate surface area is 141 Å². The number of hydrogen-bond acceptors (Lipinski definition) is 4. The molecule has 2 amide bonds. The fourth-order valence-corrected chi connectivity index (χ4v) is 2.98. The lowest BCUT2D eigenvalue weighted by atomic mass is 9.98. The minimum atomic E-state index is -0.910. The van der Waals surface area contributed by atoms with E-state index in [9.17, 15) is 14.4 Å². The van der Waals surface area contributed by atoms with Crippen LogP contribution in [0.25, 0.3) is 0 Å². The number of halogens is 1. The van der Waals surface area contributed by atoms with Crippen molar-refractivity contribution in [3.63, 3.8) is 0 Å². The average molecular weight is 391 g/mol. The minimum Gasteiger partial charge on any atom is -0.481 e. The van der Waals surface area contributed by atoms with Crippen molar-refractivity contribution in [2.24, 2.45) is 0 Å². The summed E-state index contributed by atoms with van der Waals surface area (Å²) in [5.74, 6) is -1.58. The molecule has 1 aromatic heterocycles. The van der Waals surface area contributed by atoms with E-state index < -0.39 is 17.6 Å². The maximum atomic E-state index is 12.1. The zero-order chi connectivity index (χ0) is 16.9. The standard InChI is InChI=1S/C14H19BrN2O4S/c1-8(16-13(21)9-4-5-10(15)22-9)12(20)17-14(2,3)7-6-11(18)19/h4-5,8H,6-7H2,1-3H3,(H,16,21)(H,17,20)(H,18,19). The minimum absolute atomic E-state index is 0.0305. The van der Waals surface area contributed by atoms with Crippen molar-refractivity contribution in [1.29, 1.82) is 0 Å². The number of hydrogen-bond donors (Lipinski definition) is 3. The first kappa shape index (κ1) is 18.6. The summed E-state index contributed by atoms with van der Waals surface area (Å²) in [7, 11) is 0. The zero-order valence-corrected chi connectivity index (χ0v) is 15.0. The SMILES string of the molecule is CC(NC(=O)c1ccc(Br)s1)C(=O)NC(C)(C)CCC(=O)O. The highest BCUT2D eigenvalue weighted by Gasteiger charge is 2.25. The second-order valence-corrected chi connectivity index (χ2v) is 8.03. The highest BCUT2D eigenvalue weighted by Crippen LogP contribution is 2.22. The van der Waals surface area contributed by atoms with Gasteiger partial charge in [-0.2, -0.15) is 0 Å². The van der Waals surface area contributed by atoms with Gasteiger partial charge in [-0.05, 0) is 55.3 Å². The van der Waals surface area contributed by atoms with Crippen molar-refractivity contribution in [2.75, 3.05) is 0 Å². The van der Waals surface area contributed by atoms with Gasteiger partial charge in [0.05, 0.1) is 8.66 Å². The Hall–Kier alpha value is -1.41. The van der Waals surface area contributed by atoms with Crippen LogP contribution >= 0.6 is 27.3 Å². The number of thiophene rings is 1. The molecule has 0 saturated heterocycles. The Morgan fingerprint density at radius 1 is 1.36 bits per heavy atom. The predicted molar refractivity (Wildman–Crippen MR) is 88.0 cm³/mol. The maximum Gasteiger partial charge on any atom is 0.303 e. The number of carboxylic acid groups (broad SMARTS) is 1. The Morgan fingerprint density at radius 2 is 2.00 bits per heavy atom. The second-order valence-electron chi connectivity index (χ2n) is 5.57. The third kappa shape index (κ3) is 6.15.